The van der Waals surface area contributed by atoms with Gasteiger partial charge in [0.1, 0.15) is 5.82 Å². The van der Waals surface area contributed by atoms with Gasteiger partial charge in [0.15, 0.2) is 0 Å². The Morgan fingerprint density at radius 2 is 1.83 bits per heavy atom. The van der Waals surface area contributed by atoms with E-state index >= 15 is 0 Å². The Labute approximate surface area is 173 Å². The van der Waals surface area contributed by atoms with Gasteiger partial charge in [-0.3, -0.25) is 0 Å². The molecule has 0 fully saturated rings. The topological polar surface area (TPSA) is 62.0 Å². The van der Waals surface area contributed by atoms with E-state index in [0.29, 0.717) is 16.3 Å². The van der Waals surface area contributed by atoms with Gasteiger partial charge in [0, 0.05) is 10.9 Å². The van der Waals surface area contributed by atoms with Gasteiger partial charge in [-0.05, 0) is 73.1 Å². The monoisotopic (exact) mass is 428 g/mol. The van der Waals surface area contributed by atoms with Gasteiger partial charge < -0.3 is 4.98 Å². The second-order valence-corrected chi connectivity index (χ2v) is 9.06. The molecule has 0 radical (unpaired) electrons. The third-order valence-corrected chi connectivity index (χ3v) is 6.67. The predicted molar refractivity (Wildman–Crippen MR) is 115 cm³/mol. The first-order valence-electron chi connectivity index (χ1n) is 8.92. The molecule has 148 valence electrons. The Morgan fingerprint density at radius 1 is 1.03 bits per heavy atom. The minimum absolute atomic E-state index is 0.223. The van der Waals surface area contributed by atoms with Crippen LogP contribution in [0.15, 0.2) is 65.6 Å². The summed E-state index contributed by atoms with van der Waals surface area (Å²) in [6.07, 6.45) is 0. The van der Waals surface area contributed by atoms with E-state index in [-0.39, 0.29) is 10.7 Å². The lowest BCUT2D eigenvalue weighted by Gasteiger charge is -2.09. The molecule has 1 aromatic heterocycles. The molecule has 3 aromatic carbocycles. The second-order valence-electron chi connectivity index (χ2n) is 6.77. The molecule has 0 saturated heterocycles. The van der Waals surface area contributed by atoms with E-state index in [1.807, 2.05) is 31.2 Å². The van der Waals surface area contributed by atoms with Crippen molar-refractivity contribution < 1.29 is 12.8 Å². The zero-order chi connectivity index (χ0) is 20.8. The van der Waals surface area contributed by atoms with Gasteiger partial charge in [0.05, 0.1) is 21.2 Å². The maximum atomic E-state index is 14.3. The minimum atomic E-state index is -3.49. The summed E-state index contributed by atoms with van der Waals surface area (Å²) in [6.45, 7) is 1.87. The van der Waals surface area contributed by atoms with Crippen LogP contribution in [0.25, 0.3) is 33.3 Å². The van der Waals surface area contributed by atoms with Crippen LogP contribution in [-0.4, -0.2) is 20.4 Å². The number of H-pyrrole nitrogens is 1. The summed E-state index contributed by atoms with van der Waals surface area (Å²) in [5, 5.41) is 1.25. The van der Waals surface area contributed by atoms with Gasteiger partial charge >= 0.3 is 0 Å². The van der Waals surface area contributed by atoms with Gasteiger partial charge in [-0.25, -0.2) is 17.5 Å². The van der Waals surface area contributed by atoms with Crippen molar-refractivity contribution in [1.29, 1.82) is 0 Å². The lowest BCUT2D eigenvalue weighted by molar-refractivity contribution is 0.588. The van der Waals surface area contributed by atoms with Crippen molar-refractivity contribution in [2.24, 2.45) is 0 Å². The summed E-state index contributed by atoms with van der Waals surface area (Å²) < 4.78 is 40.6. The van der Waals surface area contributed by atoms with Crippen molar-refractivity contribution in [2.75, 3.05) is 7.05 Å². The number of fused-ring (bicyclic) bond motifs is 1. The average molecular weight is 429 g/mol. The minimum Gasteiger partial charge on any atom is -0.354 e. The Morgan fingerprint density at radius 3 is 2.52 bits per heavy atom. The summed E-state index contributed by atoms with van der Waals surface area (Å²) >= 11 is 6.19. The lowest BCUT2D eigenvalue weighted by Crippen LogP contribution is -2.18. The number of hydrogen-bond donors (Lipinski definition) is 2. The molecule has 0 aliphatic rings. The van der Waals surface area contributed by atoms with Crippen LogP contribution in [0.1, 0.15) is 5.56 Å². The highest BCUT2D eigenvalue weighted by molar-refractivity contribution is 7.89. The zero-order valence-corrected chi connectivity index (χ0v) is 17.3. The van der Waals surface area contributed by atoms with Gasteiger partial charge in [0.25, 0.3) is 0 Å². The Bertz CT molecular complexity index is 1330. The van der Waals surface area contributed by atoms with E-state index in [1.165, 1.54) is 13.1 Å². The third-order valence-electron chi connectivity index (χ3n) is 4.94. The van der Waals surface area contributed by atoms with Gasteiger partial charge in [0.2, 0.25) is 10.0 Å². The number of sulfonamides is 1. The number of aromatic amines is 1. The van der Waals surface area contributed by atoms with Crippen molar-refractivity contribution in [1.82, 2.24) is 9.71 Å². The molecule has 0 saturated carbocycles. The van der Waals surface area contributed by atoms with Crippen molar-refractivity contribution >= 4 is 32.5 Å². The first-order chi connectivity index (χ1) is 13.8. The number of halogens is 2. The SMILES string of the molecule is CNS(=O)(=O)c1ccc(-c2ccc3[nH]c(-c4c(F)cccc4Cl)cc3c2)c(C)c1. The van der Waals surface area contributed by atoms with Gasteiger partial charge in [-0.2, -0.15) is 0 Å². The molecule has 4 rings (SSSR count). The fourth-order valence-electron chi connectivity index (χ4n) is 3.44. The fourth-order valence-corrected chi connectivity index (χ4v) is 4.51. The van der Waals surface area contributed by atoms with Crippen LogP contribution in [0.5, 0.6) is 0 Å². The molecule has 29 heavy (non-hydrogen) atoms. The summed E-state index contributed by atoms with van der Waals surface area (Å²) in [7, 11) is -2.11. The first kappa shape index (κ1) is 19.6. The molecule has 0 spiro atoms. The highest BCUT2D eigenvalue weighted by atomic mass is 35.5. The number of aromatic nitrogens is 1. The van der Waals surface area contributed by atoms with Crippen LogP contribution in [-0.2, 0) is 10.0 Å². The quantitative estimate of drug-likeness (QED) is 0.450. The standard InChI is InChI=1S/C22H18ClFN2O2S/c1-13-10-16(29(27,28)25-2)7-8-17(13)14-6-9-20-15(11-14)12-21(26-20)22-18(23)4-3-5-19(22)24/h3-12,25-26H,1-2H3. The van der Waals surface area contributed by atoms with Crippen molar-refractivity contribution in [3.63, 3.8) is 0 Å². The van der Waals surface area contributed by atoms with Crippen LogP contribution in [0, 0.1) is 12.7 Å². The van der Waals surface area contributed by atoms with E-state index in [4.69, 9.17) is 11.6 Å². The predicted octanol–water partition coefficient (Wildman–Crippen LogP) is 5.51. The average Bonchev–Trinajstić information content (AvgIpc) is 3.10. The molecular weight excluding hydrogens is 411 g/mol. The molecule has 7 heteroatoms. The van der Waals surface area contributed by atoms with Crippen LogP contribution >= 0.6 is 11.6 Å². The van der Waals surface area contributed by atoms with E-state index in [9.17, 15) is 12.8 Å². The second kappa shape index (κ2) is 7.30. The molecule has 0 unspecified atom stereocenters. The lowest BCUT2D eigenvalue weighted by atomic mass is 9.99. The number of aryl methyl sites for hydroxylation is 1. The number of benzene rings is 3. The van der Waals surface area contributed by atoms with Crippen LogP contribution < -0.4 is 4.72 Å². The normalized spacial score (nSPS) is 11.9. The first-order valence-corrected chi connectivity index (χ1v) is 10.8. The highest BCUT2D eigenvalue weighted by Gasteiger charge is 2.15. The molecule has 0 atom stereocenters. The van der Waals surface area contributed by atoms with E-state index < -0.39 is 10.0 Å². The number of hydrogen-bond acceptors (Lipinski definition) is 2. The fraction of sp³-hybridized carbons (Fsp3) is 0.0909. The van der Waals surface area contributed by atoms with Gasteiger partial charge in [-0.1, -0.05) is 29.8 Å². The maximum absolute atomic E-state index is 14.3. The summed E-state index contributed by atoms with van der Waals surface area (Å²) in [5.74, 6) is -0.388. The molecule has 0 bridgehead atoms. The number of rotatable bonds is 4. The van der Waals surface area contributed by atoms with E-state index in [1.54, 1.807) is 30.3 Å². The molecule has 0 aliphatic carbocycles. The summed E-state index contributed by atoms with van der Waals surface area (Å²) in [5.41, 5.74) is 4.50. The Balaban J connectivity index is 1.79. The summed E-state index contributed by atoms with van der Waals surface area (Å²) in [4.78, 5) is 3.43. The highest BCUT2D eigenvalue weighted by Crippen LogP contribution is 2.34. The molecule has 0 amide bonds. The molecule has 1 heterocycles. The molecule has 4 aromatic rings. The van der Waals surface area contributed by atoms with Crippen molar-refractivity contribution in [2.45, 2.75) is 11.8 Å². The van der Waals surface area contributed by atoms with Crippen LogP contribution in [0.4, 0.5) is 4.39 Å². The Kier molecular flexibility index (Phi) is 4.94. The maximum Gasteiger partial charge on any atom is 0.240 e. The van der Waals surface area contributed by atoms with Crippen LogP contribution in [0.3, 0.4) is 0 Å². The molecule has 0 aliphatic heterocycles. The molecule has 4 nitrogen and oxygen atoms in total. The number of nitrogens with one attached hydrogen (secondary N) is 2. The molecule has 2 N–H and O–H groups in total. The van der Waals surface area contributed by atoms with E-state index in [0.717, 1.165) is 27.6 Å². The van der Waals surface area contributed by atoms with Crippen molar-refractivity contribution in [3.8, 4) is 22.4 Å². The van der Waals surface area contributed by atoms with E-state index in [2.05, 4.69) is 9.71 Å². The van der Waals surface area contributed by atoms with Crippen molar-refractivity contribution in [3.05, 3.63) is 77.1 Å². The smallest absolute Gasteiger partial charge is 0.240 e. The molecular formula is C22H18ClFN2O2S. The van der Waals surface area contributed by atoms with Crippen LogP contribution in [0.2, 0.25) is 5.02 Å². The third kappa shape index (κ3) is 3.55. The largest absolute Gasteiger partial charge is 0.354 e. The van der Waals surface area contributed by atoms with Gasteiger partial charge in [-0.15, -0.1) is 0 Å². The Hall–Kier alpha value is -2.67. The summed E-state index contributed by atoms with van der Waals surface area (Å²) in [6, 6.07) is 17.3. The zero-order valence-electron chi connectivity index (χ0n) is 15.8.